The van der Waals surface area contributed by atoms with E-state index in [1.807, 2.05) is 12.2 Å². The quantitative estimate of drug-likeness (QED) is 0.719. The lowest BCUT2D eigenvalue weighted by atomic mass is 9.95. The molecule has 0 heterocycles. The molecule has 0 amide bonds. The highest BCUT2D eigenvalue weighted by molar-refractivity contribution is 5.78. The predicted octanol–water partition coefficient (Wildman–Crippen LogP) is 4.23. The molecule has 1 aromatic rings. The molecule has 1 aromatic carbocycles. The number of ketones is 1. The smallest absolute Gasteiger partial charge is 0.133 e. The monoisotopic (exact) mass is 234 g/mol. The Bertz CT molecular complexity index is 378. The lowest BCUT2D eigenvalue weighted by Gasteiger charge is -2.08. The van der Waals surface area contributed by atoms with Gasteiger partial charge in [-0.3, -0.25) is 4.79 Å². The van der Waals surface area contributed by atoms with Crippen LogP contribution in [0, 0.1) is 11.7 Å². The van der Waals surface area contributed by atoms with E-state index >= 15 is 0 Å². The van der Waals surface area contributed by atoms with E-state index in [1.165, 1.54) is 12.1 Å². The minimum absolute atomic E-state index is 0.122. The molecular weight excluding hydrogens is 215 g/mol. The summed E-state index contributed by atoms with van der Waals surface area (Å²) >= 11 is 0. The van der Waals surface area contributed by atoms with Crippen LogP contribution in [-0.4, -0.2) is 5.78 Å². The van der Waals surface area contributed by atoms with Gasteiger partial charge in [-0.2, -0.15) is 0 Å². The molecule has 92 valence electrons. The van der Waals surface area contributed by atoms with Crippen molar-refractivity contribution < 1.29 is 9.18 Å². The number of rotatable bonds is 6. The molecule has 0 saturated heterocycles. The molecule has 0 saturated carbocycles. The summed E-state index contributed by atoms with van der Waals surface area (Å²) in [6.07, 6.45) is 6.65. The highest BCUT2D eigenvalue weighted by atomic mass is 19.1. The zero-order valence-corrected chi connectivity index (χ0v) is 10.4. The summed E-state index contributed by atoms with van der Waals surface area (Å²) in [5.41, 5.74) is 0.963. The number of carbonyl (C=O) groups excluding carboxylic acids is 1. The van der Waals surface area contributed by atoms with Crippen molar-refractivity contribution in [3.8, 4) is 0 Å². The molecule has 17 heavy (non-hydrogen) atoms. The third kappa shape index (κ3) is 4.94. The Kier molecular flexibility index (Phi) is 5.61. The number of carbonyl (C=O) groups is 1. The lowest BCUT2D eigenvalue weighted by Crippen LogP contribution is -2.09. The van der Waals surface area contributed by atoms with Gasteiger partial charge in [0.2, 0.25) is 0 Å². The van der Waals surface area contributed by atoms with Crippen LogP contribution in [0.3, 0.4) is 0 Å². The van der Waals surface area contributed by atoms with Gasteiger partial charge in [0, 0.05) is 5.92 Å². The van der Waals surface area contributed by atoms with Crippen molar-refractivity contribution in [2.45, 2.75) is 33.1 Å². The molecule has 0 radical (unpaired) electrons. The first-order valence-electron chi connectivity index (χ1n) is 6.06. The van der Waals surface area contributed by atoms with Gasteiger partial charge in [0.05, 0.1) is 0 Å². The van der Waals surface area contributed by atoms with Crippen LogP contribution in [0.2, 0.25) is 0 Å². The van der Waals surface area contributed by atoms with Crippen molar-refractivity contribution in [2.24, 2.45) is 5.92 Å². The van der Waals surface area contributed by atoms with Crippen LogP contribution in [0.15, 0.2) is 30.3 Å². The van der Waals surface area contributed by atoms with Crippen LogP contribution in [0.25, 0.3) is 6.08 Å². The topological polar surface area (TPSA) is 17.1 Å². The van der Waals surface area contributed by atoms with Gasteiger partial charge in [-0.15, -0.1) is 0 Å². The maximum atomic E-state index is 12.7. The molecule has 0 aromatic heterocycles. The van der Waals surface area contributed by atoms with Gasteiger partial charge in [-0.05, 0) is 37.5 Å². The average molecular weight is 234 g/mol. The summed E-state index contributed by atoms with van der Waals surface area (Å²) in [6.45, 7) is 3.73. The van der Waals surface area contributed by atoms with E-state index in [1.54, 1.807) is 19.1 Å². The van der Waals surface area contributed by atoms with Gasteiger partial charge in [0.15, 0.2) is 0 Å². The van der Waals surface area contributed by atoms with Crippen molar-refractivity contribution in [3.05, 3.63) is 41.7 Å². The normalized spacial score (nSPS) is 12.9. The Morgan fingerprint density at radius 2 is 2.00 bits per heavy atom. The Morgan fingerprint density at radius 1 is 1.35 bits per heavy atom. The third-order valence-corrected chi connectivity index (χ3v) is 2.81. The summed E-state index contributed by atoms with van der Waals surface area (Å²) in [5, 5.41) is 0. The predicted molar refractivity (Wildman–Crippen MR) is 69.1 cm³/mol. The second kappa shape index (κ2) is 7.00. The maximum absolute atomic E-state index is 12.7. The lowest BCUT2D eigenvalue weighted by molar-refractivity contribution is -0.120. The Hall–Kier alpha value is -1.44. The van der Waals surface area contributed by atoms with Gasteiger partial charge in [-0.1, -0.05) is 37.6 Å². The number of halogens is 1. The third-order valence-electron chi connectivity index (χ3n) is 2.81. The van der Waals surface area contributed by atoms with Crippen LogP contribution in [0.5, 0.6) is 0 Å². The molecule has 0 unspecified atom stereocenters. The van der Waals surface area contributed by atoms with Crippen LogP contribution in [0.1, 0.15) is 38.7 Å². The number of Topliss-reactive ketones (excluding diaryl/α,β-unsaturated/α-hetero) is 1. The Balaban J connectivity index is 2.53. The first-order valence-corrected chi connectivity index (χ1v) is 6.06. The summed E-state index contributed by atoms with van der Waals surface area (Å²) in [7, 11) is 0. The maximum Gasteiger partial charge on any atom is 0.133 e. The molecule has 0 bridgehead atoms. The van der Waals surface area contributed by atoms with E-state index < -0.39 is 0 Å². The molecule has 0 N–H and O–H groups in total. The van der Waals surface area contributed by atoms with Crippen molar-refractivity contribution in [1.82, 2.24) is 0 Å². The van der Waals surface area contributed by atoms with Crippen LogP contribution < -0.4 is 0 Å². The number of allylic oxidation sites excluding steroid dienone is 1. The van der Waals surface area contributed by atoms with Crippen molar-refractivity contribution in [1.29, 1.82) is 0 Å². The molecular formula is C15H19FO. The fourth-order valence-corrected chi connectivity index (χ4v) is 1.78. The molecule has 1 rings (SSSR count). The van der Waals surface area contributed by atoms with Gasteiger partial charge in [-0.25, -0.2) is 4.39 Å². The first-order chi connectivity index (χ1) is 8.13. The second-order valence-electron chi connectivity index (χ2n) is 4.29. The standard InChI is InChI=1S/C15H19FO/c1-3-5-14(12(2)17)7-4-6-13-8-10-15(16)11-9-13/h4,6,8-11,14H,3,5,7H2,1-2H3/b6-4+/t14-/m1/s1. The summed E-state index contributed by atoms with van der Waals surface area (Å²) in [5.74, 6) is 0.141. The summed E-state index contributed by atoms with van der Waals surface area (Å²) in [4.78, 5) is 11.3. The summed E-state index contributed by atoms with van der Waals surface area (Å²) < 4.78 is 12.7. The first kappa shape index (κ1) is 13.6. The fraction of sp³-hybridized carbons (Fsp3) is 0.400. The number of hydrogen-bond acceptors (Lipinski definition) is 1. The average Bonchev–Trinajstić information content (AvgIpc) is 2.30. The van der Waals surface area contributed by atoms with Crippen LogP contribution in [0.4, 0.5) is 4.39 Å². The van der Waals surface area contributed by atoms with Crippen molar-refractivity contribution in [3.63, 3.8) is 0 Å². The summed E-state index contributed by atoms with van der Waals surface area (Å²) in [6, 6.07) is 6.34. The minimum atomic E-state index is -0.227. The second-order valence-corrected chi connectivity index (χ2v) is 4.29. The van der Waals surface area contributed by atoms with E-state index in [4.69, 9.17) is 0 Å². The molecule has 2 heteroatoms. The molecule has 1 atom stereocenters. The van der Waals surface area contributed by atoms with Gasteiger partial charge in [0.25, 0.3) is 0 Å². The molecule has 1 nitrogen and oxygen atoms in total. The molecule has 0 aliphatic heterocycles. The number of hydrogen-bond donors (Lipinski definition) is 0. The molecule has 0 fully saturated rings. The van der Waals surface area contributed by atoms with Gasteiger partial charge < -0.3 is 0 Å². The van der Waals surface area contributed by atoms with Crippen LogP contribution >= 0.6 is 0 Å². The fourth-order valence-electron chi connectivity index (χ4n) is 1.78. The molecule has 0 aliphatic rings. The van der Waals surface area contributed by atoms with Crippen LogP contribution in [-0.2, 0) is 4.79 Å². The molecule has 0 aliphatic carbocycles. The highest BCUT2D eigenvalue weighted by Crippen LogP contribution is 2.14. The highest BCUT2D eigenvalue weighted by Gasteiger charge is 2.10. The van der Waals surface area contributed by atoms with E-state index in [2.05, 4.69) is 6.92 Å². The molecule has 0 spiro atoms. The zero-order valence-electron chi connectivity index (χ0n) is 10.4. The SMILES string of the molecule is CCC[C@H](C/C=C/c1ccc(F)cc1)C(C)=O. The van der Waals surface area contributed by atoms with E-state index in [0.29, 0.717) is 0 Å². The Labute approximate surface area is 102 Å². The van der Waals surface area contributed by atoms with E-state index in [0.717, 1.165) is 24.8 Å². The van der Waals surface area contributed by atoms with Crippen molar-refractivity contribution in [2.75, 3.05) is 0 Å². The van der Waals surface area contributed by atoms with E-state index in [-0.39, 0.29) is 17.5 Å². The minimum Gasteiger partial charge on any atom is -0.300 e. The largest absolute Gasteiger partial charge is 0.300 e. The number of benzene rings is 1. The zero-order chi connectivity index (χ0) is 12.7. The Morgan fingerprint density at radius 3 is 2.53 bits per heavy atom. The van der Waals surface area contributed by atoms with Gasteiger partial charge in [0.1, 0.15) is 11.6 Å². The van der Waals surface area contributed by atoms with Gasteiger partial charge >= 0.3 is 0 Å². The van der Waals surface area contributed by atoms with Crippen molar-refractivity contribution >= 4 is 11.9 Å². The van der Waals surface area contributed by atoms with E-state index in [9.17, 15) is 9.18 Å².